The monoisotopic (exact) mass is 326 g/mol. The number of carbonyl (C=O) groups excluding carboxylic acids is 1. The van der Waals surface area contributed by atoms with Crippen molar-refractivity contribution in [3.63, 3.8) is 0 Å². The standard InChI is InChI=1S/C19H22N2O3/c1-14-6-5-7-15(10-14)20-19(22)12-21(2)11-16-13-23-17-8-3-4-9-18(17)24-16/h3-10,16H,11-13H2,1-2H3,(H,20,22)/t16-/m1/s1. The van der Waals surface area contributed by atoms with Crippen molar-refractivity contribution in [2.75, 3.05) is 32.1 Å². The van der Waals surface area contributed by atoms with Crippen LogP contribution in [0.1, 0.15) is 5.56 Å². The first kappa shape index (κ1) is 16.3. The van der Waals surface area contributed by atoms with E-state index in [1.54, 1.807) is 0 Å². The average molecular weight is 326 g/mol. The summed E-state index contributed by atoms with van der Waals surface area (Å²) < 4.78 is 11.6. The number of amides is 1. The molecule has 1 aliphatic heterocycles. The maximum atomic E-state index is 12.1. The molecule has 24 heavy (non-hydrogen) atoms. The van der Waals surface area contributed by atoms with E-state index in [4.69, 9.17) is 9.47 Å². The quantitative estimate of drug-likeness (QED) is 0.918. The number of ether oxygens (including phenoxy) is 2. The zero-order valence-corrected chi connectivity index (χ0v) is 14.0. The van der Waals surface area contributed by atoms with E-state index in [2.05, 4.69) is 5.32 Å². The Morgan fingerprint density at radius 2 is 2.00 bits per heavy atom. The summed E-state index contributed by atoms with van der Waals surface area (Å²) >= 11 is 0. The molecule has 126 valence electrons. The van der Waals surface area contributed by atoms with Gasteiger partial charge in [0.2, 0.25) is 5.91 Å². The minimum atomic E-state index is -0.0864. The predicted octanol–water partition coefficient (Wildman–Crippen LogP) is 2.71. The van der Waals surface area contributed by atoms with Gasteiger partial charge in [-0.15, -0.1) is 0 Å². The molecule has 0 spiro atoms. The van der Waals surface area contributed by atoms with E-state index >= 15 is 0 Å². The Balaban J connectivity index is 1.49. The number of para-hydroxylation sites is 2. The molecule has 0 saturated carbocycles. The average Bonchev–Trinajstić information content (AvgIpc) is 2.54. The molecular formula is C19H22N2O3. The Hall–Kier alpha value is -2.53. The normalized spacial score (nSPS) is 16.0. The zero-order chi connectivity index (χ0) is 16.9. The third-order valence-electron chi connectivity index (χ3n) is 3.80. The molecule has 0 aliphatic carbocycles. The summed E-state index contributed by atoms with van der Waals surface area (Å²) in [5.74, 6) is 1.49. The van der Waals surface area contributed by atoms with E-state index in [0.29, 0.717) is 19.7 Å². The number of benzene rings is 2. The number of rotatable bonds is 5. The second-order valence-electron chi connectivity index (χ2n) is 6.11. The van der Waals surface area contributed by atoms with Crippen LogP contribution in [-0.2, 0) is 4.79 Å². The lowest BCUT2D eigenvalue weighted by molar-refractivity contribution is -0.117. The smallest absolute Gasteiger partial charge is 0.238 e. The summed E-state index contributed by atoms with van der Waals surface area (Å²) in [5.41, 5.74) is 1.94. The van der Waals surface area contributed by atoms with E-state index in [0.717, 1.165) is 22.7 Å². The number of anilines is 1. The highest BCUT2D eigenvalue weighted by molar-refractivity contribution is 5.92. The van der Waals surface area contributed by atoms with Crippen molar-refractivity contribution >= 4 is 11.6 Å². The zero-order valence-electron chi connectivity index (χ0n) is 14.0. The minimum absolute atomic E-state index is 0.0415. The summed E-state index contributed by atoms with van der Waals surface area (Å²) in [7, 11) is 1.90. The number of hydrogen-bond donors (Lipinski definition) is 1. The van der Waals surface area contributed by atoms with Crippen molar-refractivity contribution in [2.24, 2.45) is 0 Å². The first-order valence-electron chi connectivity index (χ1n) is 8.04. The largest absolute Gasteiger partial charge is 0.486 e. The maximum absolute atomic E-state index is 12.1. The van der Waals surface area contributed by atoms with Crippen LogP contribution in [0.3, 0.4) is 0 Å². The van der Waals surface area contributed by atoms with Gasteiger partial charge in [0.25, 0.3) is 0 Å². The lowest BCUT2D eigenvalue weighted by Crippen LogP contribution is -2.42. The van der Waals surface area contributed by atoms with Crippen LogP contribution < -0.4 is 14.8 Å². The molecule has 1 amide bonds. The molecule has 5 heteroatoms. The van der Waals surface area contributed by atoms with Gasteiger partial charge in [0.1, 0.15) is 12.7 Å². The van der Waals surface area contributed by atoms with E-state index in [1.165, 1.54) is 0 Å². The minimum Gasteiger partial charge on any atom is -0.486 e. The van der Waals surface area contributed by atoms with Crippen molar-refractivity contribution in [3.8, 4) is 11.5 Å². The van der Waals surface area contributed by atoms with Crippen molar-refractivity contribution in [3.05, 3.63) is 54.1 Å². The van der Waals surface area contributed by atoms with Gasteiger partial charge in [-0.25, -0.2) is 0 Å². The fourth-order valence-corrected chi connectivity index (χ4v) is 2.73. The molecule has 5 nitrogen and oxygen atoms in total. The Labute approximate surface area is 142 Å². The van der Waals surface area contributed by atoms with Gasteiger partial charge in [0.05, 0.1) is 6.54 Å². The SMILES string of the molecule is Cc1cccc(NC(=O)CN(C)C[C@@H]2COc3ccccc3O2)c1. The Morgan fingerprint density at radius 1 is 1.21 bits per heavy atom. The van der Waals surface area contributed by atoms with E-state index in [-0.39, 0.29) is 12.0 Å². The molecule has 2 aromatic carbocycles. The molecule has 0 bridgehead atoms. The summed E-state index contributed by atoms with van der Waals surface area (Å²) in [5, 5.41) is 2.91. The molecule has 0 saturated heterocycles. The van der Waals surface area contributed by atoms with Gasteiger partial charge in [0, 0.05) is 12.2 Å². The van der Waals surface area contributed by atoms with Gasteiger partial charge >= 0.3 is 0 Å². The lowest BCUT2D eigenvalue weighted by atomic mass is 10.2. The molecule has 0 unspecified atom stereocenters. The number of fused-ring (bicyclic) bond motifs is 1. The van der Waals surface area contributed by atoms with Crippen molar-refractivity contribution < 1.29 is 14.3 Å². The van der Waals surface area contributed by atoms with Gasteiger partial charge < -0.3 is 14.8 Å². The second-order valence-corrected chi connectivity index (χ2v) is 6.11. The third kappa shape index (κ3) is 4.26. The van der Waals surface area contributed by atoms with E-state index < -0.39 is 0 Å². The van der Waals surface area contributed by atoms with Crippen molar-refractivity contribution in [1.82, 2.24) is 4.90 Å². The van der Waals surface area contributed by atoms with Crippen LogP contribution in [0.4, 0.5) is 5.69 Å². The Morgan fingerprint density at radius 3 is 2.79 bits per heavy atom. The van der Waals surface area contributed by atoms with Gasteiger partial charge in [-0.05, 0) is 43.8 Å². The number of likely N-dealkylation sites (N-methyl/N-ethyl adjacent to an activating group) is 1. The van der Waals surface area contributed by atoms with Crippen LogP contribution in [0.5, 0.6) is 11.5 Å². The van der Waals surface area contributed by atoms with Gasteiger partial charge in [-0.3, -0.25) is 9.69 Å². The Kier molecular flexibility index (Phi) is 5.01. The second kappa shape index (κ2) is 7.36. The molecule has 1 atom stereocenters. The number of carbonyl (C=O) groups is 1. The maximum Gasteiger partial charge on any atom is 0.238 e. The fourth-order valence-electron chi connectivity index (χ4n) is 2.73. The number of hydrogen-bond acceptors (Lipinski definition) is 4. The highest BCUT2D eigenvalue weighted by atomic mass is 16.6. The Bertz CT molecular complexity index is 717. The molecular weight excluding hydrogens is 304 g/mol. The summed E-state index contributed by atoms with van der Waals surface area (Å²) in [6.07, 6.45) is -0.0864. The first-order chi connectivity index (χ1) is 11.6. The molecule has 0 aromatic heterocycles. The molecule has 0 fully saturated rings. The number of nitrogens with zero attached hydrogens (tertiary/aromatic N) is 1. The van der Waals surface area contributed by atoms with Crippen molar-refractivity contribution in [2.45, 2.75) is 13.0 Å². The highest BCUT2D eigenvalue weighted by Crippen LogP contribution is 2.30. The van der Waals surface area contributed by atoms with Gasteiger partial charge in [-0.1, -0.05) is 24.3 Å². The number of nitrogens with one attached hydrogen (secondary N) is 1. The molecule has 0 radical (unpaired) electrons. The molecule has 1 heterocycles. The van der Waals surface area contributed by atoms with Crippen LogP contribution >= 0.6 is 0 Å². The molecule has 1 aliphatic rings. The first-order valence-corrected chi connectivity index (χ1v) is 8.04. The van der Waals surface area contributed by atoms with Crippen LogP contribution in [0.15, 0.2) is 48.5 Å². The van der Waals surface area contributed by atoms with Gasteiger partial charge in [0.15, 0.2) is 11.5 Å². The van der Waals surface area contributed by atoms with Crippen LogP contribution in [0.2, 0.25) is 0 Å². The molecule has 2 aromatic rings. The van der Waals surface area contributed by atoms with E-state index in [1.807, 2.05) is 67.4 Å². The molecule has 3 rings (SSSR count). The summed E-state index contributed by atoms with van der Waals surface area (Å²) in [4.78, 5) is 14.1. The predicted molar refractivity (Wildman–Crippen MR) is 93.7 cm³/mol. The highest BCUT2D eigenvalue weighted by Gasteiger charge is 2.22. The topological polar surface area (TPSA) is 50.8 Å². The van der Waals surface area contributed by atoms with Crippen LogP contribution in [-0.4, -0.2) is 43.7 Å². The third-order valence-corrected chi connectivity index (χ3v) is 3.80. The van der Waals surface area contributed by atoms with Crippen molar-refractivity contribution in [1.29, 1.82) is 0 Å². The summed E-state index contributed by atoms with van der Waals surface area (Å²) in [6, 6.07) is 15.4. The lowest BCUT2D eigenvalue weighted by Gasteiger charge is -2.29. The summed E-state index contributed by atoms with van der Waals surface area (Å²) in [6.45, 7) is 3.41. The van der Waals surface area contributed by atoms with Gasteiger partial charge in [-0.2, -0.15) is 0 Å². The van der Waals surface area contributed by atoms with E-state index in [9.17, 15) is 4.79 Å². The van der Waals surface area contributed by atoms with Crippen LogP contribution in [0, 0.1) is 6.92 Å². The van der Waals surface area contributed by atoms with Crippen LogP contribution in [0.25, 0.3) is 0 Å². The molecule has 1 N–H and O–H groups in total. The number of aryl methyl sites for hydroxylation is 1. The fraction of sp³-hybridized carbons (Fsp3) is 0.316.